The standard InChI is InChI=1S/C35H41N5O4S/c1-24-23-45-33(38-24)22-37-34(42)27-17-28(19-29(18-27)40-13-6-7-14-40)35(43)39-31(16-25-9-4-3-5-10-25)32(41)21-36-20-26-11-8-12-30(15-26)44-2/h3-5,8-12,15,17-19,23,31-32,36,41H,6-7,13-14,16,20-22H2,1-2H3,(H,37,42)(H,39,43)/t31-,32+/m0/s1. The molecule has 10 heteroatoms. The maximum Gasteiger partial charge on any atom is 0.251 e. The van der Waals surface area contributed by atoms with Crippen LogP contribution in [0.5, 0.6) is 5.75 Å². The highest BCUT2D eigenvalue weighted by Crippen LogP contribution is 2.24. The molecule has 3 aromatic carbocycles. The molecule has 1 fully saturated rings. The Kier molecular flexibility index (Phi) is 11.2. The van der Waals surface area contributed by atoms with Gasteiger partial charge >= 0.3 is 0 Å². The van der Waals surface area contributed by atoms with Crippen LogP contribution in [0.15, 0.2) is 78.2 Å². The van der Waals surface area contributed by atoms with Crippen molar-refractivity contribution >= 4 is 28.8 Å². The molecule has 45 heavy (non-hydrogen) atoms. The van der Waals surface area contributed by atoms with Crippen molar-refractivity contribution in [2.75, 3.05) is 31.6 Å². The molecule has 9 nitrogen and oxygen atoms in total. The van der Waals surface area contributed by atoms with Gasteiger partial charge in [-0.25, -0.2) is 4.98 Å². The van der Waals surface area contributed by atoms with Crippen molar-refractivity contribution in [1.82, 2.24) is 20.9 Å². The smallest absolute Gasteiger partial charge is 0.251 e. The largest absolute Gasteiger partial charge is 0.497 e. The number of ether oxygens (including phenoxy) is 1. The first-order valence-electron chi connectivity index (χ1n) is 15.3. The molecule has 2 heterocycles. The fourth-order valence-electron chi connectivity index (χ4n) is 5.47. The molecule has 0 saturated carbocycles. The number of aromatic nitrogens is 1. The average molecular weight is 628 g/mol. The zero-order valence-corrected chi connectivity index (χ0v) is 26.6. The minimum atomic E-state index is -0.869. The highest BCUT2D eigenvalue weighted by Gasteiger charge is 2.24. The number of hydrogen-bond donors (Lipinski definition) is 4. The molecule has 0 radical (unpaired) electrons. The Morgan fingerprint density at radius 3 is 2.40 bits per heavy atom. The van der Waals surface area contributed by atoms with Gasteiger partial charge in [-0.15, -0.1) is 11.3 Å². The normalized spacial score (nSPS) is 14.2. The minimum absolute atomic E-state index is 0.263. The summed E-state index contributed by atoms with van der Waals surface area (Å²) in [5.74, 6) is 0.167. The van der Waals surface area contributed by atoms with E-state index in [1.165, 1.54) is 11.3 Å². The van der Waals surface area contributed by atoms with Crippen LogP contribution in [-0.2, 0) is 19.5 Å². The van der Waals surface area contributed by atoms with Crippen molar-refractivity contribution in [2.45, 2.75) is 51.4 Å². The summed E-state index contributed by atoms with van der Waals surface area (Å²) in [5.41, 5.74) is 4.58. The van der Waals surface area contributed by atoms with Gasteiger partial charge in [0.05, 0.1) is 25.8 Å². The number of anilines is 1. The summed E-state index contributed by atoms with van der Waals surface area (Å²) >= 11 is 1.50. The third kappa shape index (κ3) is 9.13. The SMILES string of the molecule is COc1cccc(CNC[C@@H](O)[C@H](Cc2ccccc2)NC(=O)c2cc(C(=O)NCc3nc(C)cs3)cc(N3CCCC3)c2)c1. The number of carbonyl (C=O) groups excluding carboxylic acids is 2. The van der Waals surface area contributed by atoms with Crippen LogP contribution in [0.3, 0.4) is 0 Å². The van der Waals surface area contributed by atoms with Crippen LogP contribution in [0.2, 0.25) is 0 Å². The number of methoxy groups -OCH3 is 1. The summed E-state index contributed by atoms with van der Waals surface area (Å²) in [6, 6.07) is 22.3. The lowest BCUT2D eigenvalue weighted by Gasteiger charge is -2.26. The molecule has 1 aliphatic heterocycles. The predicted molar refractivity (Wildman–Crippen MR) is 178 cm³/mol. The molecular formula is C35H41N5O4S. The highest BCUT2D eigenvalue weighted by molar-refractivity contribution is 7.09. The van der Waals surface area contributed by atoms with Crippen LogP contribution in [0.1, 0.15) is 55.4 Å². The number of nitrogens with one attached hydrogen (secondary N) is 3. The number of rotatable bonds is 14. The van der Waals surface area contributed by atoms with Gasteiger partial charge in [-0.2, -0.15) is 0 Å². The molecule has 1 saturated heterocycles. The maximum atomic E-state index is 13.8. The van der Waals surface area contributed by atoms with Crippen molar-refractivity contribution in [3.63, 3.8) is 0 Å². The Morgan fingerprint density at radius 1 is 0.956 bits per heavy atom. The predicted octanol–water partition coefficient (Wildman–Crippen LogP) is 4.48. The first-order chi connectivity index (χ1) is 21.9. The molecule has 2 amide bonds. The Balaban J connectivity index is 1.32. The third-order valence-electron chi connectivity index (χ3n) is 7.88. The van der Waals surface area contributed by atoms with E-state index in [1.807, 2.05) is 79.0 Å². The Labute approximate surface area is 268 Å². The quantitative estimate of drug-likeness (QED) is 0.163. The zero-order chi connectivity index (χ0) is 31.6. The average Bonchev–Trinajstić information content (AvgIpc) is 3.76. The van der Waals surface area contributed by atoms with Crippen LogP contribution in [-0.4, -0.2) is 60.8 Å². The molecular weight excluding hydrogens is 586 g/mol. The molecule has 1 aromatic heterocycles. The summed E-state index contributed by atoms with van der Waals surface area (Å²) in [7, 11) is 1.63. The van der Waals surface area contributed by atoms with Gasteiger partial charge < -0.3 is 30.7 Å². The van der Waals surface area contributed by atoms with Gasteiger partial charge in [0.2, 0.25) is 0 Å². The number of hydrogen-bond acceptors (Lipinski definition) is 8. The Bertz CT molecular complexity index is 1570. The summed E-state index contributed by atoms with van der Waals surface area (Å²) in [6.45, 7) is 4.80. The van der Waals surface area contributed by atoms with Crippen LogP contribution in [0.25, 0.3) is 0 Å². The lowest BCUT2D eigenvalue weighted by Crippen LogP contribution is -2.48. The number of aryl methyl sites for hydroxylation is 1. The first-order valence-corrected chi connectivity index (χ1v) is 16.2. The zero-order valence-electron chi connectivity index (χ0n) is 25.8. The van der Waals surface area contributed by atoms with Gasteiger partial charge in [0.15, 0.2) is 0 Å². The van der Waals surface area contributed by atoms with Crippen molar-refractivity contribution in [3.8, 4) is 5.75 Å². The van der Waals surface area contributed by atoms with E-state index >= 15 is 0 Å². The van der Waals surface area contributed by atoms with E-state index in [4.69, 9.17) is 4.74 Å². The number of thiazole rings is 1. The minimum Gasteiger partial charge on any atom is -0.497 e. The molecule has 0 spiro atoms. The molecule has 1 aliphatic rings. The fourth-order valence-corrected chi connectivity index (χ4v) is 6.18. The lowest BCUT2D eigenvalue weighted by atomic mass is 10.00. The maximum absolute atomic E-state index is 13.8. The van der Waals surface area contributed by atoms with Gasteiger partial charge in [-0.1, -0.05) is 42.5 Å². The van der Waals surface area contributed by atoms with Crippen LogP contribution in [0.4, 0.5) is 5.69 Å². The van der Waals surface area contributed by atoms with Crippen LogP contribution in [0, 0.1) is 6.92 Å². The summed E-state index contributed by atoms with van der Waals surface area (Å²) in [4.78, 5) is 33.7. The van der Waals surface area contributed by atoms with Gasteiger partial charge in [-0.3, -0.25) is 9.59 Å². The Hall–Kier alpha value is -4.25. The monoisotopic (exact) mass is 627 g/mol. The lowest BCUT2D eigenvalue weighted by molar-refractivity contribution is 0.0830. The van der Waals surface area contributed by atoms with Gasteiger partial charge in [-0.05, 0) is 67.6 Å². The third-order valence-corrected chi connectivity index (χ3v) is 8.84. The number of aliphatic hydroxyl groups excluding tert-OH is 1. The van der Waals surface area contributed by atoms with Crippen molar-refractivity contribution in [2.24, 2.45) is 0 Å². The van der Waals surface area contributed by atoms with Crippen LogP contribution >= 0.6 is 11.3 Å². The summed E-state index contributed by atoms with van der Waals surface area (Å²) < 4.78 is 5.32. The summed E-state index contributed by atoms with van der Waals surface area (Å²) in [5, 5.41) is 23.4. The van der Waals surface area contributed by atoms with E-state index < -0.39 is 12.1 Å². The van der Waals surface area contributed by atoms with E-state index in [0.29, 0.717) is 30.6 Å². The van der Waals surface area contributed by atoms with E-state index in [1.54, 1.807) is 13.2 Å². The molecule has 2 atom stereocenters. The van der Waals surface area contributed by atoms with E-state index in [9.17, 15) is 14.7 Å². The topological polar surface area (TPSA) is 116 Å². The molecule has 236 valence electrons. The number of amides is 2. The second-order valence-electron chi connectivity index (χ2n) is 11.3. The molecule has 4 N–H and O–H groups in total. The second-order valence-corrected chi connectivity index (χ2v) is 12.3. The van der Waals surface area contributed by atoms with Gasteiger partial charge in [0, 0.05) is 54.1 Å². The number of aliphatic hydroxyl groups is 1. The van der Waals surface area contributed by atoms with E-state index in [2.05, 4.69) is 25.8 Å². The number of nitrogens with zero attached hydrogens (tertiary/aromatic N) is 2. The second kappa shape index (κ2) is 15.7. The van der Waals surface area contributed by atoms with Crippen molar-refractivity contribution < 1.29 is 19.4 Å². The van der Waals surface area contributed by atoms with Crippen molar-refractivity contribution in [3.05, 3.63) is 111 Å². The Morgan fingerprint density at radius 2 is 1.69 bits per heavy atom. The molecule has 4 aromatic rings. The number of carbonyl (C=O) groups is 2. The van der Waals surface area contributed by atoms with E-state index in [0.717, 1.165) is 59.2 Å². The first kappa shape index (κ1) is 32.2. The summed E-state index contributed by atoms with van der Waals surface area (Å²) in [6.07, 6.45) is 1.71. The van der Waals surface area contributed by atoms with Crippen LogP contribution < -0.4 is 25.6 Å². The number of benzene rings is 3. The van der Waals surface area contributed by atoms with E-state index in [-0.39, 0.29) is 18.4 Å². The molecule has 0 bridgehead atoms. The fraction of sp³-hybridized carbons (Fsp3) is 0.343. The highest BCUT2D eigenvalue weighted by atomic mass is 32.1. The molecule has 5 rings (SSSR count). The molecule has 0 unspecified atom stereocenters. The van der Waals surface area contributed by atoms with Gasteiger partial charge in [0.1, 0.15) is 10.8 Å². The van der Waals surface area contributed by atoms with Gasteiger partial charge in [0.25, 0.3) is 11.8 Å². The van der Waals surface area contributed by atoms with Crippen molar-refractivity contribution in [1.29, 1.82) is 0 Å². The molecule has 0 aliphatic carbocycles.